The molecule has 1 aromatic rings. The number of esters is 1. The lowest BCUT2D eigenvalue weighted by Gasteiger charge is -2.34. The highest BCUT2D eigenvalue weighted by Crippen LogP contribution is 2.35. The molecular formula is C14H18N2O4. The van der Waals surface area contributed by atoms with E-state index in [9.17, 15) is 9.59 Å². The first-order valence-electron chi connectivity index (χ1n) is 6.48. The van der Waals surface area contributed by atoms with Gasteiger partial charge in [-0.25, -0.2) is 4.79 Å². The predicted octanol–water partition coefficient (Wildman–Crippen LogP) is 0.822. The van der Waals surface area contributed by atoms with Gasteiger partial charge in [0.2, 0.25) is 0 Å². The molecule has 1 heterocycles. The summed E-state index contributed by atoms with van der Waals surface area (Å²) >= 11 is 0. The fraction of sp³-hybridized carbons (Fsp3) is 0.429. The second-order valence-corrected chi connectivity index (χ2v) is 4.51. The number of amides is 1. The van der Waals surface area contributed by atoms with Crippen molar-refractivity contribution in [2.45, 2.75) is 25.9 Å². The Kier molecular flexibility index (Phi) is 4.24. The number of nitrogens with two attached hydrogens (primary N) is 1. The first kappa shape index (κ1) is 14.3. The molecule has 20 heavy (non-hydrogen) atoms. The second kappa shape index (κ2) is 5.92. The lowest BCUT2D eigenvalue weighted by molar-refractivity contribution is -0.144. The number of nitrogens with zero attached hydrogens (tertiary/aromatic N) is 1. The summed E-state index contributed by atoms with van der Waals surface area (Å²) in [7, 11) is 1.31. The number of carbonyl (C=O) groups excluding carboxylic acids is 2. The van der Waals surface area contributed by atoms with Crippen molar-refractivity contribution in [3.05, 3.63) is 23.8 Å². The number of hydrogen-bond acceptors (Lipinski definition) is 5. The van der Waals surface area contributed by atoms with Gasteiger partial charge in [-0.3, -0.25) is 9.69 Å². The first-order valence-corrected chi connectivity index (χ1v) is 6.48. The highest BCUT2D eigenvalue weighted by atomic mass is 16.5. The molecule has 1 amide bonds. The smallest absolute Gasteiger partial charge is 0.328 e. The van der Waals surface area contributed by atoms with E-state index in [-0.39, 0.29) is 12.5 Å². The fourth-order valence-electron chi connectivity index (χ4n) is 2.28. The number of carbonyl (C=O) groups is 2. The number of benzene rings is 1. The van der Waals surface area contributed by atoms with Crippen molar-refractivity contribution in [2.75, 3.05) is 18.6 Å². The van der Waals surface area contributed by atoms with E-state index < -0.39 is 12.0 Å². The van der Waals surface area contributed by atoms with Crippen LogP contribution in [0.25, 0.3) is 0 Å². The monoisotopic (exact) mass is 278 g/mol. The third-order valence-electron chi connectivity index (χ3n) is 3.31. The van der Waals surface area contributed by atoms with Gasteiger partial charge in [0.1, 0.15) is 11.8 Å². The zero-order valence-corrected chi connectivity index (χ0v) is 11.6. The Balaban J connectivity index is 2.43. The van der Waals surface area contributed by atoms with Crippen LogP contribution in [0.1, 0.15) is 18.9 Å². The van der Waals surface area contributed by atoms with E-state index in [0.717, 1.165) is 5.56 Å². The molecule has 0 aliphatic carbocycles. The SMILES string of the molecule is CCC(C(=O)OC)N1C(=O)COc2cc(CN)ccc21. The minimum Gasteiger partial charge on any atom is -0.482 e. The number of hydrogen-bond donors (Lipinski definition) is 1. The molecule has 1 unspecified atom stereocenters. The van der Waals surface area contributed by atoms with Gasteiger partial charge in [0.25, 0.3) is 5.91 Å². The van der Waals surface area contributed by atoms with E-state index in [4.69, 9.17) is 15.2 Å². The summed E-state index contributed by atoms with van der Waals surface area (Å²) in [5.74, 6) is -0.123. The Hall–Kier alpha value is -2.08. The van der Waals surface area contributed by atoms with Gasteiger partial charge in [-0.15, -0.1) is 0 Å². The average Bonchev–Trinajstić information content (AvgIpc) is 2.49. The third-order valence-corrected chi connectivity index (χ3v) is 3.31. The molecule has 6 heteroatoms. The molecule has 0 saturated heterocycles. The maximum Gasteiger partial charge on any atom is 0.328 e. The molecule has 1 aliphatic rings. The number of fused-ring (bicyclic) bond motifs is 1. The lowest BCUT2D eigenvalue weighted by Crippen LogP contribution is -2.49. The molecular weight excluding hydrogens is 260 g/mol. The molecule has 1 aliphatic heterocycles. The van der Waals surface area contributed by atoms with Crippen molar-refractivity contribution in [1.82, 2.24) is 0 Å². The molecule has 0 radical (unpaired) electrons. The largest absolute Gasteiger partial charge is 0.482 e. The molecule has 0 bridgehead atoms. The molecule has 0 aromatic heterocycles. The molecule has 0 saturated carbocycles. The van der Waals surface area contributed by atoms with E-state index in [1.807, 2.05) is 13.0 Å². The minimum atomic E-state index is -0.640. The molecule has 2 N–H and O–H groups in total. The Morgan fingerprint density at radius 1 is 1.55 bits per heavy atom. The fourth-order valence-corrected chi connectivity index (χ4v) is 2.28. The summed E-state index contributed by atoms with van der Waals surface area (Å²) in [6, 6.07) is 4.72. The summed E-state index contributed by atoms with van der Waals surface area (Å²) in [6.45, 7) is 2.13. The Bertz CT molecular complexity index is 530. The summed E-state index contributed by atoms with van der Waals surface area (Å²) in [4.78, 5) is 25.4. The summed E-state index contributed by atoms with van der Waals surface area (Å²) < 4.78 is 10.2. The average molecular weight is 278 g/mol. The summed E-state index contributed by atoms with van der Waals surface area (Å²) in [5.41, 5.74) is 7.08. The maximum absolute atomic E-state index is 12.1. The Morgan fingerprint density at radius 2 is 2.30 bits per heavy atom. The van der Waals surface area contributed by atoms with Gasteiger partial charge >= 0.3 is 5.97 Å². The van der Waals surface area contributed by atoms with Crippen LogP contribution in [-0.2, 0) is 20.9 Å². The van der Waals surface area contributed by atoms with Crippen LogP contribution in [0.15, 0.2) is 18.2 Å². The molecule has 1 aromatic carbocycles. The maximum atomic E-state index is 12.1. The van der Waals surface area contributed by atoms with Crippen LogP contribution in [-0.4, -0.2) is 31.6 Å². The van der Waals surface area contributed by atoms with Crippen molar-refractivity contribution >= 4 is 17.6 Å². The third kappa shape index (κ3) is 2.46. The van der Waals surface area contributed by atoms with Crippen LogP contribution in [0.3, 0.4) is 0 Å². The van der Waals surface area contributed by atoms with Gasteiger partial charge in [0.15, 0.2) is 6.61 Å². The van der Waals surface area contributed by atoms with Crippen LogP contribution < -0.4 is 15.4 Å². The lowest BCUT2D eigenvalue weighted by atomic mass is 10.1. The quantitative estimate of drug-likeness (QED) is 0.825. The Labute approximate surface area is 117 Å². The molecule has 6 nitrogen and oxygen atoms in total. The highest BCUT2D eigenvalue weighted by Gasteiger charge is 2.35. The van der Waals surface area contributed by atoms with Crippen LogP contribution in [0.5, 0.6) is 5.75 Å². The minimum absolute atomic E-state index is 0.0888. The van der Waals surface area contributed by atoms with Crippen molar-refractivity contribution in [1.29, 1.82) is 0 Å². The summed E-state index contributed by atoms with van der Waals surface area (Å²) in [5, 5.41) is 0. The van der Waals surface area contributed by atoms with Crippen molar-refractivity contribution in [2.24, 2.45) is 5.73 Å². The van der Waals surface area contributed by atoms with Gasteiger partial charge in [0, 0.05) is 6.54 Å². The highest BCUT2D eigenvalue weighted by molar-refractivity contribution is 6.02. The zero-order chi connectivity index (χ0) is 14.7. The molecule has 1 atom stereocenters. The number of rotatable bonds is 4. The van der Waals surface area contributed by atoms with E-state index in [1.54, 1.807) is 12.1 Å². The molecule has 2 rings (SSSR count). The van der Waals surface area contributed by atoms with Crippen LogP contribution in [0.2, 0.25) is 0 Å². The van der Waals surface area contributed by atoms with E-state index in [2.05, 4.69) is 0 Å². The van der Waals surface area contributed by atoms with Crippen LogP contribution in [0.4, 0.5) is 5.69 Å². The van der Waals surface area contributed by atoms with E-state index in [0.29, 0.717) is 24.4 Å². The van der Waals surface area contributed by atoms with Gasteiger partial charge in [-0.2, -0.15) is 0 Å². The van der Waals surface area contributed by atoms with Crippen molar-refractivity contribution in [3.63, 3.8) is 0 Å². The summed E-state index contributed by atoms with van der Waals surface area (Å²) in [6.07, 6.45) is 0.469. The topological polar surface area (TPSA) is 81.9 Å². The van der Waals surface area contributed by atoms with Crippen molar-refractivity contribution < 1.29 is 19.1 Å². The molecule has 0 spiro atoms. The van der Waals surface area contributed by atoms with Gasteiger partial charge in [-0.05, 0) is 24.1 Å². The second-order valence-electron chi connectivity index (χ2n) is 4.51. The van der Waals surface area contributed by atoms with Crippen molar-refractivity contribution in [3.8, 4) is 5.75 Å². The number of ether oxygens (including phenoxy) is 2. The van der Waals surface area contributed by atoms with E-state index in [1.165, 1.54) is 12.0 Å². The molecule has 108 valence electrons. The van der Waals surface area contributed by atoms with Crippen LogP contribution in [0, 0.1) is 0 Å². The Morgan fingerprint density at radius 3 is 2.90 bits per heavy atom. The standard InChI is InChI=1S/C14H18N2O4/c1-3-10(14(18)19-2)16-11-5-4-9(7-15)6-12(11)20-8-13(16)17/h4-6,10H,3,7-8,15H2,1-2H3. The van der Waals surface area contributed by atoms with Gasteiger partial charge in [0.05, 0.1) is 12.8 Å². The van der Waals surface area contributed by atoms with Gasteiger partial charge in [-0.1, -0.05) is 13.0 Å². The first-order chi connectivity index (χ1) is 9.62. The number of anilines is 1. The molecule has 0 fully saturated rings. The van der Waals surface area contributed by atoms with Crippen LogP contribution >= 0.6 is 0 Å². The predicted molar refractivity (Wildman–Crippen MR) is 73.4 cm³/mol. The van der Waals surface area contributed by atoms with Gasteiger partial charge < -0.3 is 15.2 Å². The number of methoxy groups -OCH3 is 1. The zero-order valence-electron chi connectivity index (χ0n) is 11.6. The normalized spacial score (nSPS) is 15.3. The van der Waals surface area contributed by atoms with E-state index >= 15 is 0 Å².